The van der Waals surface area contributed by atoms with Crippen LogP contribution in [-0.4, -0.2) is 82.0 Å². The second-order valence-electron chi connectivity index (χ2n) is 2.08. The Morgan fingerprint density at radius 3 is 0.571 bits per heavy atom. The summed E-state index contributed by atoms with van der Waals surface area (Å²) < 4.78 is 0. The number of hydrogen-bond acceptors (Lipinski definition) is 6. The van der Waals surface area contributed by atoms with Crippen LogP contribution in [0.2, 0.25) is 0 Å². The molecule has 0 atom stereocenters. The monoisotopic (exact) mass is 342 g/mol. The van der Waals surface area contributed by atoms with Crippen molar-refractivity contribution in [2.75, 3.05) is 0 Å². The SMILES string of the molecule is C=C.CC(=O)O.CC(=O)O.CC(=O)O.CC(=O)O.N.N.[Ca+2]. The van der Waals surface area contributed by atoms with E-state index in [1.54, 1.807) is 0 Å². The molecule has 10 N–H and O–H groups in total. The van der Waals surface area contributed by atoms with Crippen LogP contribution < -0.4 is 12.3 Å². The van der Waals surface area contributed by atoms with Crippen molar-refractivity contribution in [2.45, 2.75) is 27.7 Å². The summed E-state index contributed by atoms with van der Waals surface area (Å²) in [4.78, 5) is 36.0. The van der Waals surface area contributed by atoms with Crippen molar-refractivity contribution in [3.05, 3.63) is 13.2 Å². The molecular weight excluding hydrogens is 316 g/mol. The fraction of sp³-hybridized carbons (Fsp3) is 0.400. The van der Waals surface area contributed by atoms with E-state index in [0.29, 0.717) is 0 Å². The van der Waals surface area contributed by atoms with Gasteiger partial charge in [0.2, 0.25) is 0 Å². The molecular formula is C10H26CaN2O8+2. The number of aliphatic carboxylic acids is 4. The van der Waals surface area contributed by atoms with Crippen LogP contribution in [0.1, 0.15) is 27.7 Å². The van der Waals surface area contributed by atoms with Gasteiger partial charge in [-0.2, -0.15) is 0 Å². The Morgan fingerprint density at radius 1 is 0.571 bits per heavy atom. The van der Waals surface area contributed by atoms with Gasteiger partial charge in [0, 0.05) is 27.7 Å². The molecule has 11 heteroatoms. The minimum Gasteiger partial charge on any atom is -0.481 e. The van der Waals surface area contributed by atoms with Gasteiger partial charge in [0.1, 0.15) is 0 Å². The van der Waals surface area contributed by atoms with Crippen molar-refractivity contribution in [1.29, 1.82) is 0 Å². The summed E-state index contributed by atoms with van der Waals surface area (Å²) in [5, 5.41) is 29.7. The summed E-state index contributed by atoms with van der Waals surface area (Å²) in [6, 6.07) is 0. The normalized spacial score (nSPS) is 4.95. The van der Waals surface area contributed by atoms with Crippen LogP contribution >= 0.6 is 0 Å². The first-order chi connectivity index (χ1) is 7.93. The standard InChI is InChI=1S/4C2H4O2.C2H4.Ca.2H3N/c4*1-2(3)4;1-2;;;/h4*1H3,(H,3,4);1-2H2;;2*1H3/q;;;;;+2;;. The van der Waals surface area contributed by atoms with Crippen molar-refractivity contribution in [3.63, 3.8) is 0 Å². The zero-order valence-corrected chi connectivity index (χ0v) is 15.2. The van der Waals surface area contributed by atoms with Gasteiger partial charge < -0.3 is 32.7 Å². The second-order valence-corrected chi connectivity index (χ2v) is 2.08. The quantitative estimate of drug-likeness (QED) is 0.272. The molecule has 0 saturated carbocycles. The average Bonchev–Trinajstić information content (AvgIpc) is 2.01. The van der Waals surface area contributed by atoms with Crippen LogP contribution in [0.4, 0.5) is 0 Å². The van der Waals surface area contributed by atoms with E-state index >= 15 is 0 Å². The third-order valence-electron chi connectivity index (χ3n) is 0. The third kappa shape index (κ3) is 3680. The number of carboxylic acid groups (broad SMARTS) is 4. The third-order valence-corrected chi connectivity index (χ3v) is 0. The summed E-state index contributed by atoms with van der Waals surface area (Å²) >= 11 is 0. The molecule has 0 aliphatic heterocycles. The molecule has 0 unspecified atom stereocenters. The molecule has 0 aliphatic rings. The van der Waals surface area contributed by atoms with Crippen LogP contribution in [0.5, 0.6) is 0 Å². The van der Waals surface area contributed by atoms with Crippen molar-refractivity contribution >= 4 is 61.6 Å². The van der Waals surface area contributed by atoms with Crippen LogP contribution in [0.15, 0.2) is 13.2 Å². The molecule has 0 saturated heterocycles. The van der Waals surface area contributed by atoms with Gasteiger partial charge in [-0.3, -0.25) is 19.2 Å². The zero-order valence-electron chi connectivity index (χ0n) is 13.0. The number of carbonyl (C=O) groups is 4. The Balaban J connectivity index is -0.0000000164. The number of rotatable bonds is 0. The van der Waals surface area contributed by atoms with Gasteiger partial charge in [0.25, 0.3) is 23.9 Å². The van der Waals surface area contributed by atoms with Gasteiger partial charge in [-0.15, -0.1) is 13.2 Å². The molecule has 0 spiro atoms. The largest absolute Gasteiger partial charge is 2.00 e. The molecule has 21 heavy (non-hydrogen) atoms. The zero-order chi connectivity index (χ0) is 16.3. The number of carboxylic acids is 4. The predicted molar refractivity (Wildman–Crippen MR) is 80.3 cm³/mol. The molecule has 124 valence electrons. The maximum absolute atomic E-state index is 9.00. The van der Waals surface area contributed by atoms with Gasteiger partial charge in [-0.1, -0.05) is 0 Å². The summed E-state index contributed by atoms with van der Waals surface area (Å²) in [6.45, 7) is 10.3. The fourth-order valence-electron chi connectivity index (χ4n) is 0. The summed E-state index contributed by atoms with van der Waals surface area (Å²) in [5.74, 6) is -3.33. The minimum atomic E-state index is -0.833. The predicted octanol–water partition coefficient (Wildman–Crippen LogP) is 1.11. The molecule has 0 heterocycles. The molecule has 0 bridgehead atoms. The van der Waals surface area contributed by atoms with Crippen LogP contribution in [0, 0.1) is 0 Å². The number of hydrogen-bond donors (Lipinski definition) is 6. The molecule has 0 radical (unpaired) electrons. The van der Waals surface area contributed by atoms with Gasteiger partial charge >= 0.3 is 37.7 Å². The Morgan fingerprint density at radius 2 is 0.571 bits per heavy atom. The molecule has 0 aromatic carbocycles. The van der Waals surface area contributed by atoms with Crippen molar-refractivity contribution in [1.82, 2.24) is 12.3 Å². The van der Waals surface area contributed by atoms with E-state index < -0.39 is 23.9 Å². The maximum atomic E-state index is 9.00. The van der Waals surface area contributed by atoms with E-state index in [9.17, 15) is 0 Å². The molecule has 0 aromatic rings. The Kier molecular flexibility index (Phi) is 122. The Labute approximate surface area is 154 Å². The van der Waals surface area contributed by atoms with Gasteiger partial charge in [-0.25, -0.2) is 0 Å². The van der Waals surface area contributed by atoms with Gasteiger partial charge in [0.15, 0.2) is 0 Å². The van der Waals surface area contributed by atoms with E-state index in [0.717, 1.165) is 27.7 Å². The van der Waals surface area contributed by atoms with Crippen LogP contribution in [0.25, 0.3) is 0 Å². The van der Waals surface area contributed by atoms with E-state index in [-0.39, 0.29) is 50.0 Å². The van der Waals surface area contributed by atoms with Crippen molar-refractivity contribution < 1.29 is 39.6 Å². The van der Waals surface area contributed by atoms with E-state index in [4.69, 9.17) is 39.6 Å². The molecule has 0 fully saturated rings. The summed E-state index contributed by atoms with van der Waals surface area (Å²) in [5.41, 5.74) is 0. The fourth-order valence-corrected chi connectivity index (χ4v) is 0. The van der Waals surface area contributed by atoms with E-state index in [1.165, 1.54) is 0 Å². The first-order valence-corrected chi connectivity index (χ1v) is 4.21. The summed E-state index contributed by atoms with van der Waals surface area (Å²) in [6.07, 6.45) is 0. The van der Waals surface area contributed by atoms with Crippen molar-refractivity contribution in [2.24, 2.45) is 0 Å². The molecule has 0 rings (SSSR count). The molecule has 10 nitrogen and oxygen atoms in total. The van der Waals surface area contributed by atoms with Gasteiger partial charge in [0.05, 0.1) is 0 Å². The minimum absolute atomic E-state index is 0. The molecule has 0 amide bonds. The first-order valence-electron chi connectivity index (χ1n) is 4.21. The topological polar surface area (TPSA) is 219 Å². The molecule has 0 aromatic heterocycles. The second kappa shape index (κ2) is 51.1. The van der Waals surface area contributed by atoms with Crippen LogP contribution in [-0.2, 0) is 19.2 Å². The first kappa shape index (κ1) is 50.3. The summed E-state index contributed by atoms with van der Waals surface area (Å²) in [7, 11) is 0. The Bertz CT molecular complexity index is 185. The van der Waals surface area contributed by atoms with Gasteiger partial charge in [-0.05, 0) is 0 Å². The van der Waals surface area contributed by atoms with Crippen molar-refractivity contribution in [3.8, 4) is 0 Å². The maximum Gasteiger partial charge on any atom is 2.00 e. The Hall–Kier alpha value is -1.20. The average molecular weight is 342 g/mol. The van der Waals surface area contributed by atoms with E-state index in [2.05, 4.69) is 13.2 Å². The van der Waals surface area contributed by atoms with Crippen LogP contribution in [0.3, 0.4) is 0 Å². The smallest absolute Gasteiger partial charge is 0.481 e. The molecule has 0 aliphatic carbocycles. The van der Waals surface area contributed by atoms with E-state index in [1.807, 2.05) is 0 Å².